The van der Waals surface area contributed by atoms with E-state index in [1.165, 1.54) is 0 Å². The fourth-order valence-corrected chi connectivity index (χ4v) is 4.15. The van der Waals surface area contributed by atoms with E-state index in [0.717, 1.165) is 43.5 Å². The Hall–Kier alpha value is -1.54. The summed E-state index contributed by atoms with van der Waals surface area (Å²) in [7, 11) is -3.51. The number of nitrogens with zero attached hydrogens (tertiary/aromatic N) is 2. The van der Waals surface area contributed by atoms with Crippen molar-refractivity contribution < 1.29 is 8.42 Å². The van der Waals surface area contributed by atoms with Gasteiger partial charge in [-0.1, -0.05) is 6.07 Å². The summed E-state index contributed by atoms with van der Waals surface area (Å²) >= 11 is 0. The number of benzene rings is 1. The van der Waals surface area contributed by atoms with E-state index in [0.29, 0.717) is 4.90 Å². The van der Waals surface area contributed by atoms with Gasteiger partial charge in [-0.2, -0.15) is 0 Å². The van der Waals surface area contributed by atoms with Gasteiger partial charge in [-0.25, -0.2) is 13.1 Å². The minimum atomic E-state index is -3.51. The molecule has 124 valence electrons. The first-order valence-electron chi connectivity index (χ1n) is 7.84. The summed E-state index contributed by atoms with van der Waals surface area (Å²) in [4.78, 5) is 6.61. The second kappa shape index (κ2) is 6.92. The Morgan fingerprint density at radius 2 is 2.04 bits per heavy atom. The molecule has 1 saturated heterocycles. The molecule has 0 amide bonds. The van der Waals surface area contributed by atoms with Crippen LogP contribution in [0.1, 0.15) is 6.92 Å². The lowest BCUT2D eigenvalue weighted by Crippen LogP contribution is -2.49. The maximum absolute atomic E-state index is 12.6. The average molecular weight is 334 g/mol. The normalized spacial score (nSPS) is 18.1. The predicted octanol–water partition coefficient (Wildman–Crippen LogP) is 0.807. The highest BCUT2D eigenvalue weighted by molar-refractivity contribution is 7.89. The molecular weight excluding hydrogens is 312 g/mol. The molecule has 1 atom stereocenters. The van der Waals surface area contributed by atoms with Gasteiger partial charge >= 0.3 is 0 Å². The van der Waals surface area contributed by atoms with Crippen molar-refractivity contribution in [1.29, 1.82) is 0 Å². The maximum Gasteiger partial charge on any atom is 0.240 e. The second-order valence-corrected chi connectivity index (χ2v) is 7.67. The lowest BCUT2D eigenvalue weighted by atomic mass is 10.2. The van der Waals surface area contributed by atoms with Crippen LogP contribution in [-0.4, -0.2) is 57.1 Å². The van der Waals surface area contributed by atoms with E-state index in [1.807, 2.05) is 13.0 Å². The summed E-state index contributed by atoms with van der Waals surface area (Å²) in [6, 6.07) is 6.79. The Morgan fingerprint density at radius 3 is 2.83 bits per heavy atom. The van der Waals surface area contributed by atoms with E-state index in [9.17, 15) is 8.42 Å². The van der Waals surface area contributed by atoms with Crippen LogP contribution in [-0.2, 0) is 10.0 Å². The van der Waals surface area contributed by atoms with Crippen molar-refractivity contribution in [3.05, 3.63) is 36.7 Å². The van der Waals surface area contributed by atoms with Crippen LogP contribution in [0.2, 0.25) is 0 Å². The molecule has 0 radical (unpaired) electrons. The van der Waals surface area contributed by atoms with Gasteiger partial charge in [0.05, 0.1) is 4.90 Å². The van der Waals surface area contributed by atoms with Gasteiger partial charge in [-0.15, -0.1) is 0 Å². The molecule has 2 N–H and O–H groups in total. The van der Waals surface area contributed by atoms with Crippen LogP contribution < -0.4 is 10.0 Å². The van der Waals surface area contributed by atoms with Crippen molar-refractivity contribution in [2.24, 2.45) is 0 Å². The Morgan fingerprint density at radius 1 is 1.26 bits per heavy atom. The molecule has 7 heteroatoms. The topological polar surface area (TPSA) is 74.3 Å². The molecule has 0 saturated carbocycles. The minimum absolute atomic E-state index is 0.133. The summed E-state index contributed by atoms with van der Waals surface area (Å²) in [5.74, 6) is 0. The minimum Gasteiger partial charge on any atom is -0.314 e. The van der Waals surface area contributed by atoms with Crippen LogP contribution in [0.4, 0.5) is 0 Å². The largest absolute Gasteiger partial charge is 0.314 e. The van der Waals surface area contributed by atoms with Crippen molar-refractivity contribution in [2.45, 2.75) is 17.9 Å². The van der Waals surface area contributed by atoms with Gasteiger partial charge in [0.25, 0.3) is 0 Å². The third-order valence-electron chi connectivity index (χ3n) is 4.02. The fraction of sp³-hybridized carbons (Fsp3) is 0.438. The number of fused-ring (bicyclic) bond motifs is 1. The van der Waals surface area contributed by atoms with Gasteiger partial charge < -0.3 is 5.32 Å². The molecular formula is C16H22N4O2S. The Kier molecular flexibility index (Phi) is 4.91. The third kappa shape index (κ3) is 4.06. The molecule has 1 aromatic carbocycles. The van der Waals surface area contributed by atoms with E-state index in [-0.39, 0.29) is 6.04 Å². The first kappa shape index (κ1) is 16.3. The van der Waals surface area contributed by atoms with Gasteiger partial charge in [0.2, 0.25) is 10.0 Å². The molecule has 2 heterocycles. The first-order chi connectivity index (χ1) is 11.0. The second-order valence-electron chi connectivity index (χ2n) is 5.96. The van der Waals surface area contributed by atoms with Gasteiger partial charge in [-0.05, 0) is 30.5 Å². The van der Waals surface area contributed by atoms with Crippen molar-refractivity contribution in [3.8, 4) is 0 Å². The average Bonchev–Trinajstić information content (AvgIpc) is 2.54. The SMILES string of the molecule is CC(CN1CCNCC1)NS(=O)(=O)c1ccc2cnccc2c1. The van der Waals surface area contributed by atoms with Crippen molar-refractivity contribution in [1.82, 2.24) is 19.9 Å². The summed E-state index contributed by atoms with van der Waals surface area (Å²) in [6.45, 7) is 6.45. The van der Waals surface area contributed by atoms with Crippen molar-refractivity contribution >= 4 is 20.8 Å². The summed E-state index contributed by atoms with van der Waals surface area (Å²) in [5, 5.41) is 5.10. The van der Waals surface area contributed by atoms with Crippen LogP contribution in [0.15, 0.2) is 41.6 Å². The number of hydrogen-bond donors (Lipinski definition) is 2. The molecule has 2 aromatic rings. The quantitative estimate of drug-likeness (QED) is 0.846. The highest BCUT2D eigenvalue weighted by Gasteiger charge is 2.20. The molecule has 23 heavy (non-hydrogen) atoms. The van der Waals surface area contributed by atoms with Gasteiger partial charge in [0.1, 0.15) is 0 Å². The Labute approximate surface area is 137 Å². The van der Waals surface area contributed by atoms with Gasteiger partial charge in [0, 0.05) is 56.5 Å². The van der Waals surface area contributed by atoms with E-state index >= 15 is 0 Å². The molecule has 0 bridgehead atoms. The monoisotopic (exact) mass is 334 g/mol. The standard InChI is InChI=1S/C16H22N4O2S/c1-13(12-20-8-6-17-7-9-20)19-23(21,22)16-3-2-15-11-18-5-4-14(15)10-16/h2-5,10-11,13,17,19H,6-9,12H2,1H3. The van der Waals surface area contributed by atoms with Crippen LogP contribution >= 0.6 is 0 Å². The van der Waals surface area contributed by atoms with E-state index in [2.05, 4.69) is 19.9 Å². The number of piperazine rings is 1. The van der Waals surface area contributed by atoms with Crippen LogP contribution in [0.3, 0.4) is 0 Å². The zero-order valence-corrected chi connectivity index (χ0v) is 14.0. The van der Waals surface area contributed by atoms with Crippen LogP contribution in [0.25, 0.3) is 10.8 Å². The van der Waals surface area contributed by atoms with Crippen LogP contribution in [0.5, 0.6) is 0 Å². The molecule has 1 aliphatic rings. The van der Waals surface area contributed by atoms with E-state index in [1.54, 1.807) is 30.6 Å². The highest BCUT2D eigenvalue weighted by Crippen LogP contribution is 2.18. The molecule has 1 unspecified atom stereocenters. The number of sulfonamides is 1. The Balaban J connectivity index is 1.71. The van der Waals surface area contributed by atoms with Gasteiger partial charge in [-0.3, -0.25) is 9.88 Å². The van der Waals surface area contributed by atoms with Crippen molar-refractivity contribution in [3.63, 3.8) is 0 Å². The van der Waals surface area contributed by atoms with E-state index < -0.39 is 10.0 Å². The smallest absolute Gasteiger partial charge is 0.240 e. The maximum atomic E-state index is 12.6. The predicted molar refractivity (Wildman–Crippen MR) is 90.8 cm³/mol. The number of aromatic nitrogens is 1. The Bertz CT molecular complexity index is 772. The molecule has 1 fully saturated rings. The summed E-state index contributed by atoms with van der Waals surface area (Å²) in [6.07, 6.45) is 3.39. The third-order valence-corrected chi connectivity index (χ3v) is 5.61. The molecule has 1 aliphatic heterocycles. The molecule has 0 aliphatic carbocycles. The molecule has 1 aromatic heterocycles. The number of pyridine rings is 1. The zero-order chi connectivity index (χ0) is 16.3. The highest BCUT2D eigenvalue weighted by atomic mass is 32.2. The molecule has 0 spiro atoms. The zero-order valence-electron chi connectivity index (χ0n) is 13.2. The fourth-order valence-electron chi connectivity index (χ4n) is 2.88. The van der Waals surface area contributed by atoms with E-state index in [4.69, 9.17) is 0 Å². The number of nitrogens with one attached hydrogen (secondary N) is 2. The lowest BCUT2D eigenvalue weighted by Gasteiger charge is -2.29. The molecule has 6 nitrogen and oxygen atoms in total. The number of hydrogen-bond acceptors (Lipinski definition) is 5. The lowest BCUT2D eigenvalue weighted by molar-refractivity contribution is 0.227. The number of rotatable bonds is 5. The van der Waals surface area contributed by atoms with Gasteiger partial charge in [0.15, 0.2) is 0 Å². The summed E-state index contributed by atoms with van der Waals surface area (Å²) < 4.78 is 27.9. The van der Waals surface area contributed by atoms with Crippen LogP contribution in [0, 0.1) is 0 Å². The molecule has 3 rings (SSSR count). The summed E-state index contributed by atoms with van der Waals surface area (Å²) in [5.41, 5.74) is 0. The van der Waals surface area contributed by atoms with Crippen molar-refractivity contribution in [2.75, 3.05) is 32.7 Å². The first-order valence-corrected chi connectivity index (χ1v) is 9.32.